The van der Waals surface area contributed by atoms with Crippen LogP contribution in [0.25, 0.3) is 0 Å². The molecule has 0 amide bonds. The van der Waals surface area contributed by atoms with E-state index < -0.39 is 0 Å². The number of likely N-dealkylation sites (N-methyl/N-ethyl adjacent to an activating group) is 1. The average molecular weight is 257 g/mol. The van der Waals surface area contributed by atoms with Crippen molar-refractivity contribution in [1.29, 1.82) is 5.26 Å². The number of hydrogen-bond acceptors (Lipinski definition) is 4. The number of thiophene rings is 1. The van der Waals surface area contributed by atoms with Crippen LogP contribution in [0.3, 0.4) is 0 Å². The Morgan fingerprint density at radius 2 is 2.06 bits per heavy atom. The molecule has 2 N–H and O–H groups in total. The Labute approximate surface area is 111 Å². The van der Waals surface area contributed by atoms with Crippen molar-refractivity contribution in [3.05, 3.63) is 52.2 Å². The molecule has 0 radical (unpaired) electrons. The zero-order valence-electron chi connectivity index (χ0n) is 10.2. The standard InChI is InChI=1S/C14H15N3S/c1-17(13-4-2-11(8-15)3-5-13)14(9-16)12-6-7-18-10-12/h2-7,10,14H,9,16H2,1H3. The molecular weight excluding hydrogens is 242 g/mol. The molecule has 1 atom stereocenters. The molecule has 18 heavy (non-hydrogen) atoms. The summed E-state index contributed by atoms with van der Waals surface area (Å²) in [5.41, 5.74) is 8.84. The molecule has 1 heterocycles. The summed E-state index contributed by atoms with van der Waals surface area (Å²) in [5.74, 6) is 0. The van der Waals surface area contributed by atoms with Crippen molar-refractivity contribution in [2.45, 2.75) is 6.04 Å². The average Bonchev–Trinajstić information content (AvgIpc) is 2.93. The van der Waals surface area contributed by atoms with Crippen molar-refractivity contribution in [3.63, 3.8) is 0 Å². The third kappa shape index (κ3) is 2.53. The second-order valence-corrected chi connectivity index (χ2v) is 4.86. The van der Waals surface area contributed by atoms with E-state index in [1.54, 1.807) is 11.3 Å². The summed E-state index contributed by atoms with van der Waals surface area (Å²) in [7, 11) is 2.02. The van der Waals surface area contributed by atoms with Gasteiger partial charge in [0.25, 0.3) is 0 Å². The number of anilines is 1. The molecule has 0 spiro atoms. The zero-order chi connectivity index (χ0) is 13.0. The fraction of sp³-hybridized carbons (Fsp3) is 0.214. The summed E-state index contributed by atoms with van der Waals surface area (Å²) in [6.45, 7) is 0.563. The van der Waals surface area contributed by atoms with Crippen LogP contribution in [-0.2, 0) is 0 Å². The van der Waals surface area contributed by atoms with E-state index in [0.29, 0.717) is 12.1 Å². The van der Waals surface area contributed by atoms with E-state index in [1.807, 2.05) is 31.3 Å². The van der Waals surface area contributed by atoms with Gasteiger partial charge in [-0.1, -0.05) is 0 Å². The van der Waals surface area contributed by atoms with Crippen LogP contribution in [-0.4, -0.2) is 13.6 Å². The first-order valence-corrected chi connectivity index (χ1v) is 6.65. The van der Waals surface area contributed by atoms with Crippen molar-refractivity contribution < 1.29 is 0 Å². The normalized spacial score (nSPS) is 11.8. The first kappa shape index (κ1) is 12.6. The fourth-order valence-electron chi connectivity index (χ4n) is 1.93. The Bertz CT molecular complexity index is 525. The van der Waals surface area contributed by atoms with E-state index >= 15 is 0 Å². The largest absolute Gasteiger partial charge is 0.366 e. The maximum Gasteiger partial charge on any atom is 0.0991 e. The van der Waals surface area contributed by atoms with Gasteiger partial charge in [0.15, 0.2) is 0 Å². The quantitative estimate of drug-likeness (QED) is 0.916. The highest BCUT2D eigenvalue weighted by atomic mass is 32.1. The summed E-state index contributed by atoms with van der Waals surface area (Å²) in [5, 5.41) is 13.0. The van der Waals surface area contributed by atoms with Crippen LogP contribution < -0.4 is 10.6 Å². The van der Waals surface area contributed by atoms with Crippen LogP contribution in [0.1, 0.15) is 17.2 Å². The molecule has 1 unspecified atom stereocenters. The molecule has 3 nitrogen and oxygen atoms in total. The van der Waals surface area contributed by atoms with Gasteiger partial charge in [-0.25, -0.2) is 0 Å². The Hall–Kier alpha value is -1.83. The van der Waals surface area contributed by atoms with Crippen molar-refractivity contribution in [2.24, 2.45) is 5.73 Å². The summed E-state index contributed by atoms with van der Waals surface area (Å²) in [6.07, 6.45) is 0. The topological polar surface area (TPSA) is 53.0 Å². The molecule has 0 aliphatic carbocycles. The Morgan fingerprint density at radius 1 is 1.33 bits per heavy atom. The Balaban J connectivity index is 2.23. The van der Waals surface area contributed by atoms with Gasteiger partial charge < -0.3 is 10.6 Å². The summed E-state index contributed by atoms with van der Waals surface area (Å²) in [4.78, 5) is 2.14. The Kier molecular flexibility index (Phi) is 3.98. The van der Waals surface area contributed by atoms with Crippen LogP contribution in [0.5, 0.6) is 0 Å². The molecular formula is C14H15N3S. The van der Waals surface area contributed by atoms with Crippen LogP contribution in [0.2, 0.25) is 0 Å². The van der Waals surface area contributed by atoms with Gasteiger partial charge in [-0.05, 0) is 46.7 Å². The lowest BCUT2D eigenvalue weighted by Gasteiger charge is -2.28. The minimum absolute atomic E-state index is 0.171. The lowest BCUT2D eigenvalue weighted by atomic mass is 10.1. The van der Waals surface area contributed by atoms with Crippen molar-refractivity contribution in [3.8, 4) is 6.07 Å². The van der Waals surface area contributed by atoms with Crippen molar-refractivity contribution in [2.75, 3.05) is 18.5 Å². The van der Waals surface area contributed by atoms with E-state index in [4.69, 9.17) is 11.0 Å². The number of nitriles is 1. The summed E-state index contributed by atoms with van der Waals surface area (Å²) >= 11 is 1.68. The molecule has 1 aromatic carbocycles. The van der Waals surface area contributed by atoms with E-state index in [-0.39, 0.29) is 6.04 Å². The molecule has 0 aliphatic rings. The van der Waals surface area contributed by atoms with Gasteiger partial charge in [-0.15, -0.1) is 0 Å². The van der Waals surface area contributed by atoms with Gasteiger partial charge >= 0.3 is 0 Å². The molecule has 4 heteroatoms. The number of rotatable bonds is 4. The molecule has 0 aliphatic heterocycles. The van der Waals surface area contributed by atoms with Crippen LogP contribution in [0, 0.1) is 11.3 Å². The van der Waals surface area contributed by atoms with Crippen molar-refractivity contribution in [1.82, 2.24) is 0 Å². The summed E-state index contributed by atoms with van der Waals surface area (Å²) < 4.78 is 0. The Morgan fingerprint density at radius 3 is 2.56 bits per heavy atom. The van der Waals surface area contributed by atoms with Gasteiger partial charge in [0.05, 0.1) is 17.7 Å². The number of nitrogens with two attached hydrogens (primary N) is 1. The summed E-state index contributed by atoms with van der Waals surface area (Å²) in [6, 6.07) is 11.9. The third-order valence-corrected chi connectivity index (χ3v) is 3.72. The van der Waals surface area contributed by atoms with E-state index in [2.05, 4.69) is 27.8 Å². The minimum Gasteiger partial charge on any atom is -0.366 e. The third-order valence-electron chi connectivity index (χ3n) is 3.02. The van der Waals surface area contributed by atoms with E-state index in [0.717, 1.165) is 5.69 Å². The monoisotopic (exact) mass is 257 g/mol. The van der Waals surface area contributed by atoms with Crippen LogP contribution in [0.4, 0.5) is 5.69 Å². The SMILES string of the molecule is CN(c1ccc(C#N)cc1)C(CN)c1ccsc1. The highest BCUT2D eigenvalue weighted by Gasteiger charge is 2.16. The minimum atomic E-state index is 0.171. The van der Waals surface area contributed by atoms with Gasteiger partial charge in [-0.3, -0.25) is 0 Å². The fourth-order valence-corrected chi connectivity index (χ4v) is 2.64. The highest BCUT2D eigenvalue weighted by Crippen LogP contribution is 2.26. The molecule has 1 aromatic heterocycles. The van der Waals surface area contributed by atoms with Crippen LogP contribution >= 0.6 is 11.3 Å². The number of hydrogen-bond donors (Lipinski definition) is 1. The molecule has 0 bridgehead atoms. The van der Waals surface area contributed by atoms with Gasteiger partial charge in [-0.2, -0.15) is 16.6 Å². The molecule has 92 valence electrons. The number of nitrogens with zero attached hydrogens (tertiary/aromatic N) is 2. The van der Waals surface area contributed by atoms with Gasteiger partial charge in [0.1, 0.15) is 0 Å². The maximum absolute atomic E-state index is 8.79. The first-order valence-electron chi connectivity index (χ1n) is 5.71. The lowest BCUT2D eigenvalue weighted by Crippen LogP contribution is -2.30. The smallest absolute Gasteiger partial charge is 0.0991 e. The highest BCUT2D eigenvalue weighted by molar-refractivity contribution is 7.08. The number of benzene rings is 1. The molecule has 0 saturated carbocycles. The molecule has 2 aromatic rings. The predicted molar refractivity (Wildman–Crippen MR) is 75.7 cm³/mol. The van der Waals surface area contributed by atoms with Gasteiger partial charge in [0.2, 0.25) is 0 Å². The second-order valence-electron chi connectivity index (χ2n) is 4.08. The van der Waals surface area contributed by atoms with E-state index in [1.165, 1.54) is 5.56 Å². The molecule has 0 fully saturated rings. The van der Waals surface area contributed by atoms with Crippen LogP contribution in [0.15, 0.2) is 41.1 Å². The van der Waals surface area contributed by atoms with Crippen molar-refractivity contribution >= 4 is 17.0 Å². The molecule has 0 saturated heterocycles. The predicted octanol–water partition coefficient (Wildman–Crippen LogP) is 2.76. The maximum atomic E-state index is 8.79. The molecule has 2 rings (SSSR count). The first-order chi connectivity index (χ1) is 8.76. The second kappa shape index (κ2) is 5.67. The van der Waals surface area contributed by atoms with E-state index in [9.17, 15) is 0 Å². The van der Waals surface area contributed by atoms with Gasteiger partial charge in [0, 0.05) is 19.3 Å². The zero-order valence-corrected chi connectivity index (χ0v) is 11.0. The lowest BCUT2D eigenvalue weighted by molar-refractivity contribution is 0.683.